The van der Waals surface area contributed by atoms with Gasteiger partial charge in [-0.25, -0.2) is 4.98 Å². The molecule has 1 aromatic carbocycles. The number of thiazole rings is 1. The van der Waals surface area contributed by atoms with Crippen LogP contribution in [0.5, 0.6) is 0 Å². The van der Waals surface area contributed by atoms with E-state index in [0.29, 0.717) is 11.0 Å². The summed E-state index contributed by atoms with van der Waals surface area (Å²) < 4.78 is 41.9. The Bertz CT molecular complexity index is 962. The Hall–Kier alpha value is -2.75. The third-order valence-corrected chi connectivity index (χ3v) is 4.57. The quantitative estimate of drug-likeness (QED) is 0.728. The summed E-state index contributed by atoms with van der Waals surface area (Å²) in [5.41, 5.74) is 1.48. The molecular formula is C16H11F3N4O2S. The second-order valence-electron chi connectivity index (χ2n) is 5.81. The lowest BCUT2D eigenvalue weighted by Crippen LogP contribution is -2.11. The molecule has 1 fully saturated rings. The van der Waals surface area contributed by atoms with Crippen molar-refractivity contribution in [3.05, 3.63) is 46.8 Å². The van der Waals surface area contributed by atoms with Crippen LogP contribution in [-0.2, 0) is 6.18 Å². The molecule has 0 aliphatic heterocycles. The summed E-state index contributed by atoms with van der Waals surface area (Å²) in [7, 11) is 0. The highest BCUT2D eigenvalue weighted by Gasteiger charge is 2.38. The standard InChI is InChI=1S/C16H11F3N4O2S/c17-16(18,19)14-21-12(23-25-14)9-2-1-3-10(6-9)13(24)22-15-20-11(7-26-15)8-4-5-8/h1-3,6-8H,4-5H2,(H,20,22,24). The molecule has 0 spiro atoms. The monoisotopic (exact) mass is 380 g/mol. The van der Waals surface area contributed by atoms with Crippen LogP contribution in [0.3, 0.4) is 0 Å². The first-order valence-corrected chi connectivity index (χ1v) is 8.56. The van der Waals surface area contributed by atoms with Crippen LogP contribution < -0.4 is 5.32 Å². The molecule has 2 aromatic heterocycles. The maximum Gasteiger partial charge on any atom is 0.471 e. The van der Waals surface area contributed by atoms with E-state index in [-0.39, 0.29) is 17.0 Å². The Morgan fingerprint density at radius 1 is 1.27 bits per heavy atom. The number of hydrogen-bond donors (Lipinski definition) is 1. The lowest BCUT2D eigenvalue weighted by atomic mass is 10.1. The number of carbonyl (C=O) groups is 1. The minimum atomic E-state index is -4.72. The smallest absolute Gasteiger partial charge is 0.329 e. The summed E-state index contributed by atoms with van der Waals surface area (Å²) in [6, 6.07) is 5.97. The molecule has 0 unspecified atom stereocenters. The minimum absolute atomic E-state index is 0.239. The van der Waals surface area contributed by atoms with Gasteiger partial charge in [-0.3, -0.25) is 10.1 Å². The molecule has 2 heterocycles. The maximum absolute atomic E-state index is 12.6. The zero-order valence-electron chi connectivity index (χ0n) is 13.1. The second-order valence-corrected chi connectivity index (χ2v) is 6.67. The van der Waals surface area contributed by atoms with Crippen LogP contribution in [0.1, 0.15) is 40.7 Å². The van der Waals surface area contributed by atoms with Crippen LogP contribution in [0.25, 0.3) is 11.4 Å². The van der Waals surface area contributed by atoms with Gasteiger partial charge in [0.15, 0.2) is 5.13 Å². The minimum Gasteiger partial charge on any atom is -0.329 e. The summed E-state index contributed by atoms with van der Waals surface area (Å²) in [6.45, 7) is 0. The van der Waals surface area contributed by atoms with Gasteiger partial charge in [0, 0.05) is 22.4 Å². The van der Waals surface area contributed by atoms with Crippen molar-refractivity contribution in [1.29, 1.82) is 0 Å². The number of alkyl halides is 3. The van der Waals surface area contributed by atoms with Gasteiger partial charge in [-0.15, -0.1) is 11.3 Å². The first-order chi connectivity index (χ1) is 12.4. The number of rotatable bonds is 4. The van der Waals surface area contributed by atoms with Gasteiger partial charge < -0.3 is 4.52 Å². The van der Waals surface area contributed by atoms with E-state index >= 15 is 0 Å². The molecule has 1 aliphatic rings. The van der Waals surface area contributed by atoms with Crippen LogP contribution in [0.2, 0.25) is 0 Å². The zero-order chi connectivity index (χ0) is 18.3. The lowest BCUT2D eigenvalue weighted by Gasteiger charge is -2.03. The number of benzene rings is 1. The predicted molar refractivity (Wildman–Crippen MR) is 86.8 cm³/mol. The molecule has 10 heteroatoms. The summed E-state index contributed by atoms with van der Waals surface area (Å²) in [5, 5.41) is 8.42. The van der Waals surface area contributed by atoms with Crippen LogP contribution >= 0.6 is 11.3 Å². The lowest BCUT2D eigenvalue weighted by molar-refractivity contribution is -0.159. The highest BCUT2D eigenvalue weighted by Crippen LogP contribution is 2.41. The van der Waals surface area contributed by atoms with E-state index in [9.17, 15) is 18.0 Å². The summed E-state index contributed by atoms with van der Waals surface area (Å²) in [6.07, 6.45) is -2.49. The van der Waals surface area contributed by atoms with E-state index in [0.717, 1.165) is 18.5 Å². The average molecular weight is 380 g/mol. The van der Waals surface area contributed by atoms with Crippen LogP contribution in [-0.4, -0.2) is 21.0 Å². The molecule has 0 atom stereocenters. The molecule has 1 aliphatic carbocycles. The normalized spacial score (nSPS) is 14.4. The number of hydrogen-bond acceptors (Lipinski definition) is 6. The number of aromatic nitrogens is 3. The second kappa shape index (κ2) is 6.20. The van der Waals surface area contributed by atoms with Crippen LogP contribution in [0.15, 0.2) is 34.2 Å². The van der Waals surface area contributed by atoms with Gasteiger partial charge in [0.1, 0.15) is 0 Å². The SMILES string of the molecule is O=C(Nc1nc(C2CC2)cs1)c1cccc(-c2noc(C(F)(F)F)n2)c1. The number of nitrogens with zero attached hydrogens (tertiary/aromatic N) is 3. The van der Waals surface area contributed by atoms with Gasteiger partial charge in [-0.05, 0) is 25.0 Å². The zero-order valence-corrected chi connectivity index (χ0v) is 13.9. The fraction of sp³-hybridized carbons (Fsp3) is 0.250. The number of carbonyl (C=O) groups excluding carboxylic acids is 1. The molecule has 0 radical (unpaired) electrons. The van der Waals surface area contributed by atoms with Gasteiger partial charge in [-0.1, -0.05) is 17.3 Å². The first-order valence-electron chi connectivity index (χ1n) is 7.68. The fourth-order valence-electron chi connectivity index (χ4n) is 2.33. The molecule has 0 bridgehead atoms. The van der Waals surface area contributed by atoms with Gasteiger partial charge in [0.05, 0.1) is 5.69 Å². The molecule has 134 valence electrons. The van der Waals surface area contributed by atoms with E-state index in [1.165, 1.54) is 29.5 Å². The number of nitrogens with one attached hydrogen (secondary N) is 1. The predicted octanol–water partition coefficient (Wildman–Crippen LogP) is 4.34. The molecule has 3 aromatic rings. The summed E-state index contributed by atoms with van der Waals surface area (Å²) in [4.78, 5) is 20.1. The Morgan fingerprint density at radius 2 is 2.08 bits per heavy atom. The third kappa shape index (κ3) is 3.45. The Morgan fingerprint density at radius 3 is 2.77 bits per heavy atom. The molecule has 6 nitrogen and oxygen atoms in total. The molecule has 1 amide bonds. The highest BCUT2D eigenvalue weighted by atomic mass is 32.1. The molecule has 4 rings (SSSR count). The van der Waals surface area contributed by atoms with Crippen molar-refractivity contribution in [3.63, 3.8) is 0 Å². The molecule has 1 saturated carbocycles. The molecule has 26 heavy (non-hydrogen) atoms. The number of anilines is 1. The van der Waals surface area contributed by atoms with E-state index in [1.807, 2.05) is 5.38 Å². The van der Waals surface area contributed by atoms with Gasteiger partial charge in [0.25, 0.3) is 5.91 Å². The Labute approximate surface area is 149 Å². The highest BCUT2D eigenvalue weighted by molar-refractivity contribution is 7.14. The van der Waals surface area contributed by atoms with E-state index in [4.69, 9.17) is 0 Å². The van der Waals surface area contributed by atoms with E-state index < -0.39 is 18.0 Å². The molecular weight excluding hydrogens is 369 g/mol. The summed E-state index contributed by atoms with van der Waals surface area (Å²) in [5.74, 6) is -1.60. The van der Waals surface area contributed by atoms with Gasteiger partial charge in [-0.2, -0.15) is 18.2 Å². The van der Waals surface area contributed by atoms with Gasteiger partial charge in [0.2, 0.25) is 5.82 Å². The van der Waals surface area contributed by atoms with Crippen molar-refractivity contribution in [2.75, 3.05) is 5.32 Å². The number of amides is 1. The van der Waals surface area contributed by atoms with Crippen molar-refractivity contribution in [3.8, 4) is 11.4 Å². The molecule has 1 N–H and O–H groups in total. The summed E-state index contributed by atoms with van der Waals surface area (Å²) >= 11 is 1.34. The van der Waals surface area contributed by atoms with Crippen molar-refractivity contribution < 1.29 is 22.5 Å². The Balaban J connectivity index is 1.52. The molecule has 0 saturated heterocycles. The van der Waals surface area contributed by atoms with Crippen molar-refractivity contribution >= 4 is 22.4 Å². The number of halogens is 3. The van der Waals surface area contributed by atoms with Crippen molar-refractivity contribution in [2.24, 2.45) is 0 Å². The van der Waals surface area contributed by atoms with Crippen molar-refractivity contribution in [2.45, 2.75) is 24.9 Å². The van der Waals surface area contributed by atoms with Crippen LogP contribution in [0, 0.1) is 0 Å². The Kier molecular flexibility index (Phi) is 3.98. The first kappa shape index (κ1) is 16.7. The van der Waals surface area contributed by atoms with Crippen LogP contribution in [0.4, 0.5) is 18.3 Å². The van der Waals surface area contributed by atoms with Crippen molar-refractivity contribution in [1.82, 2.24) is 15.1 Å². The fourth-order valence-corrected chi connectivity index (χ4v) is 3.12. The maximum atomic E-state index is 12.6. The van der Waals surface area contributed by atoms with E-state index in [1.54, 1.807) is 6.07 Å². The third-order valence-electron chi connectivity index (χ3n) is 3.79. The van der Waals surface area contributed by atoms with Gasteiger partial charge >= 0.3 is 12.1 Å². The van der Waals surface area contributed by atoms with E-state index in [2.05, 4.69) is 25.0 Å². The topological polar surface area (TPSA) is 80.9 Å². The average Bonchev–Trinajstić information content (AvgIpc) is 3.14. The largest absolute Gasteiger partial charge is 0.471 e.